The van der Waals surface area contributed by atoms with Gasteiger partial charge in [-0.3, -0.25) is 9.97 Å². The van der Waals surface area contributed by atoms with E-state index in [0.717, 1.165) is 33.9 Å². The minimum Gasteiger partial charge on any atom is -0.311 e. The van der Waals surface area contributed by atoms with Crippen molar-refractivity contribution in [1.29, 1.82) is 0 Å². The topological polar surface area (TPSA) is 32.3 Å². The van der Waals surface area contributed by atoms with Crippen LogP contribution < -0.4 is 36.6 Å². The van der Waals surface area contributed by atoms with Crippen LogP contribution >= 0.6 is 0 Å². The lowest BCUT2D eigenvalue weighted by molar-refractivity contribution is 0.590. The predicted molar refractivity (Wildman–Crippen MR) is 232 cm³/mol. The first-order valence-electron chi connectivity index (χ1n) is 19.1. The molecule has 0 bridgehead atoms. The molecule has 262 valence electrons. The summed E-state index contributed by atoms with van der Waals surface area (Å²) < 4.78 is 0. The van der Waals surface area contributed by atoms with Gasteiger partial charge in [-0.05, 0) is 113 Å². The van der Waals surface area contributed by atoms with Crippen molar-refractivity contribution in [1.82, 2.24) is 9.97 Å². The van der Waals surface area contributed by atoms with Crippen molar-refractivity contribution in [2.45, 2.75) is 53.1 Å². The lowest BCUT2D eigenvalue weighted by Gasteiger charge is -2.50. The van der Waals surface area contributed by atoms with Gasteiger partial charge in [0.25, 0.3) is 6.71 Å². The average molecular weight is 715 g/mol. The zero-order valence-electron chi connectivity index (χ0n) is 32.1. The van der Waals surface area contributed by atoms with Crippen molar-refractivity contribution >= 4 is 75.7 Å². The van der Waals surface area contributed by atoms with Crippen LogP contribution in [0.1, 0.15) is 37.5 Å². The minimum atomic E-state index is -2.16. The number of nitrogens with zero attached hydrogens (tertiary/aromatic N) is 4. The summed E-state index contributed by atoms with van der Waals surface area (Å²) in [6, 6.07) is 45.5. The van der Waals surface area contributed by atoms with Gasteiger partial charge in [0.2, 0.25) is 0 Å². The van der Waals surface area contributed by atoms with Gasteiger partial charge in [-0.15, -0.1) is 0 Å². The van der Waals surface area contributed by atoms with Crippen LogP contribution in [-0.2, 0) is 5.41 Å². The third-order valence-corrected chi connectivity index (χ3v) is 15.6. The molecule has 0 fully saturated rings. The van der Waals surface area contributed by atoms with Gasteiger partial charge in [0, 0.05) is 46.3 Å². The predicted octanol–water partition coefficient (Wildman–Crippen LogP) is 8.94. The van der Waals surface area contributed by atoms with Crippen LogP contribution in [0.5, 0.6) is 0 Å². The molecule has 5 aromatic carbocycles. The van der Waals surface area contributed by atoms with E-state index in [0.29, 0.717) is 0 Å². The molecule has 0 N–H and O–H groups in total. The number of aromatic nitrogens is 2. The molecule has 3 aliphatic heterocycles. The van der Waals surface area contributed by atoms with E-state index in [1.807, 2.05) is 12.4 Å². The Kier molecular flexibility index (Phi) is 7.09. The maximum atomic E-state index is 4.94. The second-order valence-corrected chi connectivity index (χ2v) is 21.2. The molecule has 0 saturated carbocycles. The Balaban J connectivity index is 1.36. The summed E-state index contributed by atoms with van der Waals surface area (Å²) in [5.41, 5.74) is 19.5. The van der Waals surface area contributed by atoms with Crippen LogP contribution in [-0.4, -0.2) is 24.8 Å². The van der Waals surface area contributed by atoms with E-state index in [2.05, 4.69) is 179 Å². The van der Waals surface area contributed by atoms with Crippen molar-refractivity contribution in [2.24, 2.45) is 0 Å². The van der Waals surface area contributed by atoms with E-state index in [9.17, 15) is 0 Å². The van der Waals surface area contributed by atoms with Crippen LogP contribution in [0.15, 0.2) is 134 Å². The average Bonchev–Trinajstić information content (AvgIpc) is 3.16. The summed E-state index contributed by atoms with van der Waals surface area (Å²) in [7, 11) is -2.16. The third kappa shape index (κ3) is 4.69. The fraction of sp³-hybridized carbons (Fsp3) is 0.167. The molecule has 0 unspecified atom stereocenters. The van der Waals surface area contributed by atoms with Gasteiger partial charge < -0.3 is 9.80 Å². The molecule has 0 amide bonds. The molecule has 7 aromatic rings. The highest BCUT2D eigenvalue weighted by Gasteiger charge is 2.52. The fourth-order valence-electron chi connectivity index (χ4n) is 9.41. The van der Waals surface area contributed by atoms with Gasteiger partial charge >= 0.3 is 0 Å². The highest BCUT2D eigenvalue weighted by atomic mass is 28.3. The molecule has 6 heteroatoms. The van der Waals surface area contributed by atoms with Crippen molar-refractivity contribution in [3.8, 4) is 22.5 Å². The lowest BCUT2D eigenvalue weighted by Crippen LogP contribution is -2.79. The van der Waals surface area contributed by atoms with Crippen LogP contribution in [0.4, 0.5) is 34.1 Å². The summed E-state index contributed by atoms with van der Waals surface area (Å²) in [5, 5.41) is 3.06. The summed E-state index contributed by atoms with van der Waals surface area (Å²) in [6.45, 7) is 16.5. The van der Waals surface area contributed by atoms with Gasteiger partial charge in [-0.2, -0.15) is 0 Å². The summed E-state index contributed by atoms with van der Waals surface area (Å²) >= 11 is 0. The van der Waals surface area contributed by atoms with Gasteiger partial charge in [-0.25, -0.2) is 0 Å². The number of benzene rings is 5. The Morgan fingerprint density at radius 3 is 1.39 bits per heavy atom. The Hall–Kier alpha value is -5.72. The fourth-order valence-corrected chi connectivity index (χ4v) is 12.6. The maximum Gasteiger partial charge on any atom is 0.251 e. The molecule has 4 nitrogen and oxygen atoms in total. The smallest absolute Gasteiger partial charge is 0.251 e. The molecule has 3 aliphatic rings. The zero-order chi connectivity index (χ0) is 37.1. The molecule has 0 aliphatic carbocycles. The van der Waals surface area contributed by atoms with Crippen LogP contribution in [0.25, 0.3) is 22.5 Å². The van der Waals surface area contributed by atoms with Crippen molar-refractivity contribution < 1.29 is 0 Å². The van der Waals surface area contributed by atoms with Crippen molar-refractivity contribution in [3.05, 3.63) is 150 Å². The first-order chi connectivity index (χ1) is 26.0. The molecule has 0 atom stereocenters. The van der Waals surface area contributed by atoms with E-state index in [-0.39, 0.29) is 12.1 Å². The molecule has 54 heavy (non-hydrogen) atoms. The molecule has 5 heterocycles. The van der Waals surface area contributed by atoms with Gasteiger partial charge in [0.1, 0.15) is 8.07 Å². The number of anilines is 6. The van der Waals surface area contributed by atoms with Gasteiger partial charge in [0.05, 0.1) is 22.8 Å². The molecule has 0 spiro atoms. The van der Waals surface area contributed by atoms with Gasteiger partial charge in [0.15, 0.2) is 0 Å². The van der Waals surface area contributed by atoms with E-state index in [4.69, 9.17) is 9.97 Å². The number of hydrogen-bond donors (Lipinski definition) is 0. The minimum absolute atomic E-state index is 0.107. The second kappa shape index (κ2) is 11.6. The third-order valence-electron chi connectivity index (χ3n) is 12.0. The lowest BCUT2D eigenvalue weighted by atomic mass is 9.33. The Morgan fingerprint density at radius 1 is 0.500 bits per heavy atom. The Bertz CT molecular complexity index is 2520. The highest BCUT2D eigenvalue weighted by molar-refractivity contribution is 7.16. The Morgan fingerprint density at radius 2 is 0.944 bits per heavy atom. The standard InChI is InChI=1S/C48H43BN4Si/c1-30-22-24-50-35(26-30)33-14-8-10-16-37(33)52-39-18-12-20-43-46(39)49-45-41(52)28-32(48(3,4)5)29-42(45)53(40-19-13-21-44(47(40)49)54(43,6)7)38-17-11-9-15-34(38)36-27-31(2)23-25-51-36/h8-29H,1-7H3. The molecule has 2 aromatic heterocycles. The molecular formula is C48H43BN4Si. The number of pyridine rings is 2. The van der Waals surface area contributed by atoms with Crippen LogP contribution in [0.3, 0.4) is 0 Å². The number of rotatable bonds is 4. The molecule has 10 rings (SSSR count). The first-order valence-corrected chi connectivity index (χ1v) is 22.1. The monoisotopic (exact) mass is 714 g/mol. The van der Waals surface area contributed by atoms with Gasteiger partial charge in [-0.1, -0.05) is 105 Å². The zero-order valence-corrected chi connectivity index (χ0v) is 33.1. The van der Waals surface area contributed by atoms with Crippen molar-refractivity contribution in [3.63, 3.8) is 0 Å². The molecular weight excluding hydrogens is 671 g/mol. The largest absolute Gasteiger partial charge is 0.311 e. The summed E-state index contributed by atoms with van der Waals surface area (Å²) in [6.07, 6.45) is 3.87. The quantitative estimate of drug-likeness (QED) is 0.171. The normalized spacial score (nSPS) is 14.6. The number of para-hydroxylation sites is 2. The second-order valence-electron chi connectivity index (χ2n) is 16.9. The Labute approximate surface area is 320 Å². The van der Waals surface area contributed by atoms with Crippen LogP contribution in [0, 0.1) is 13.8 Å². The van der Waals surface area contributed by atoms with E-state index in [1.54, 1.807) is 0 Å². The van der Waals surface area contributed by atoms with Crippen LogP contribution in [0.2, 0.25) is 13.1 Å². The number of aryl methyl sites for hydroxylation is 2. The SMILES string of the molecule is Cc1ccnc(-c2ccccc2N2c3cc(C(C)(C)C)cc4c3B3c5c2cccc5[Si](C)(C)c2cccc(c23)N4c2ccccc2-c2cc(C)ccn2)c1. The van der Waals surface area contributed by atoms with E-state index >= 15 is 0 Å². The summed E-state index contributed by atoms with van der Waals surface area (Å²) in [4.78, 5) is 15.0. The van der Waals surface area contributed by atoms with Crippen molar-refractivity contribution in [2.75, 3.05) is 9.80 Å². The molecule has 0 radical (unpaired) electrons. The number of hydrogen-bond acceptors (Lipinski definition) is 4. The maximum absolute atomic E-state index is 4.94. The summed E-state index contributed by atoms with van der Waals surface area (Å²) in [5.74, 6) is 0. The highest BCUT2D eigenvalue weighted by Crippen LogP contribution is 2.49. The van der Waals surface area contributed by atoms with E-state index in [1.165, 1.54) is 66.2 Å². The first kappa shape index (κ1) is 32.9. The van der Waals surface area contributed by atoms with E-state index < -0.39 is 8.07 Å². The molecule has 0 saturated heterocycles.